The van der Waals surface area contributed by atoms with Crippen LogP contribution in [-0.4, -0.2) is 59.3 Å². The predicted octanol–water partition coefficient (Wildman–Crippen LogP) is 2.50. The molecule has 1 aromatic carbocycles. The lowest BCUT2D eigenvalue weighted by atomic mass is 10.00. The predicted molar refractivity (Wildman–Crippen MR) is 133 cm³/mol. The molecule has 0 saturated carbocycles. The molecule has 3 aliphatic rings. The highest BCUT2D eigenvalue weighted by atomic mass is 16.1. The number of fused-ring (bicyclic) bond motifs is 4. The van der Waals surface area contributed by atoms with Gasteiger partial charge in [-0.25, -0.2) is 4.98 Å². The van der Waals surface area contributed by atoms with Crippen LogP contribution < -0.4 is 20.7 Å². The highest BCUT2D eigenvalue weighted by Crippen LogP contribution is 2.42. The van der Waals surface area contributed by atoms with Crippen LogP contribution in [0.2, 0.25) is 0 Å². The van der Waals surface area contributed by atoms with Crippen molar-refractivity contribution in [1.82, 2.24) is 19.8 Å². The molecule has 0 bridgehead atoms. The molecule has 0 unspecified atom stereocenters. The Morgan fingerprint density at radius 1 is 1.09 bits per heavy atom. The van der Waals surface area contributed by atoms with E-state index in [-0.39, 0.29) is 5.56 Å². The average Bonchev–Trinajstić information content (AvgIpc) is 3.20. The molecule has 0 amide bonds. The van der Waals surface area contributed by atoms with Gasteiger partial charge >= 0.3 is 0 Å². The van der Waals surface area contributed by atoms with E-state index in [1.165, 1.54) is 16.8 Å². The number of pyridine rings is 2. The van der Waals surface area contributed by atoms with E-state index in [9.17, 15) is 4.79 Å². The summed E-state index contributed by atoms with van der Waals surface area (Å²) in [5.41, 5.74) is 5.98. The molecule has 2 saturated heterocycles. The maximum absolute atomic E-state index is 12.7. The van der Waals surface area contributed by atoms with Gasteiger partial charge in [0.15, 0.2) is 0 Å². The molecule has 3 aromatic rings. The van der Waals surface area contributed by atoms with Gasteiger partial charge in [0, 0.05) is 81.7 Å². The molecular weight excluding hydrogens is 412 g/mol. The van der Waals surface area contributed by atoms with Crippen LogP contribution in [0.25, 0.3) is 11.0 Å². The van der Waals surface area contributed by atoms with Gasteiger partial charge in [-0.2, -0.15) is 0 Å². The van der Waals surface area contributed by atoms with E-state index in [0.717, 1.165) is 56.0 Å². The molecule has 3 atom stereocenters. The Hall–Kier alpha value is -2.90. The van der Waals surface area contributed by atoms with Crippen LogP contribution in [0, 0.1) is 0 Å². The van der Waals surface area contributed by atoms with Gasteiger partial charge in [0.2, 0.25) is 0 Å². The van der Waals surface area contributed by atoms with Crippen molar-refractivity contribution in [2.24, 2.45) is 7.05 Å². The van der Waals surface area contributed by atoms with Gasteiger partial charge in [0.05, 0.1) is 11.7 Å². The number of anilines is 2. The summed E-state index contributed by atoms with van der Waals surface area (Å²) >= 11 is 0. The van der Waals surface area contributed by atoms with Gasteiger partial charge in [0.25, 0.3) is 5.56 Å². The summed E-state index contributed by atoms with van der Waals surface area (Å²) in [4.78, 5) is 24.8. The molecule has 0 radical (unpaired) electrons. The molecule has 6 rings (SSSR count). The molecule has 33 heavy (non-hydrogen) atoms. The maximum Gasteiger partial charge on any atom is 0.253 e. The topological polar surface area (TPSA) is 56.6 Å². The summed E-state index contributed by atoms with van der Waals surface area (Å²) in [6, 6.07) is 14.2. The smallest absolute Gasteiger partial charge is 0.253 e. The van der Waals surface area contributed by atoms with Gasteiger partial charge in [0.1, 0.15) is 5.65 Å². The standard InChI is InChI=1S/C26H32N6O/c1-17-13-27-9-10-31(17)20-6-7-21-19(11-20)15-32-18(2)14-30(16-24(21)32)23-12-25(33)29(3)26-22(23)5-4-8-28-26/h4-8,11-12,17-18,24,27H,9-10,13-16H2,1-3H3/t17-,18-,24-/m1/s1. The summed E-state index contributed by atoms with van der Waals surface area (Å²) in [6.07, 6.45) is 1.76. The summed E-state index contributed by atoms with van der Waals surface area (Å²) in [5.74, 6) is 0. The van der Waals surface area contributed by atoms with E-state index >= 15 is 0 Å². The number of nitrogens with zero attached hydrogens (tertiary/aromatic N) is 5. The van der Waals surface area contributed by atoms with E-state index in [0.29, 0.717) is 18.1 Å². The Kier molecular flexibility index (Phi) is 4.92. The van der Waals surface area contributed by atoms with E-state index in [1.807, 2.05) is 6.07 Å². The minimum atomic E-state index is -0.00659. The number of piperazine rings is 2. The van der Waals surface area contributed by atoms with Crippen molar-refractivity contribution >= 4 is 22.4 Å². The second-order valence-electron chi connectivity index (χ2n) is 9.87. The lowest BCUT2D eigenvalue weighted by Gasteiger charge is -2.43. The van der Waals surface area contributed by atoms with Crippen LogP contribution in [0.5, 0.6) is 0 Å². The molecule has 2 fully saturated rings. The maximum atomic E-state index is 12.7. The van der Waals surface area contributed by atoms with Gasteiger partial charge in [-0.05, 0) is 49.2 Å². The second-order valence-corrected chi connectivity index (χ2v) is 9.87. The van der Waals surface area contributed by atoms with E-state index in [2.05, 4.69) is 63.1 Å². The van der Waals surface area contributed by atoms with Crippen molar-refractivity contribution in [1.29, 1.82) is 0 Å². The first-order valence-electron chi connectivity index (χ1n) is 12.1. The molecule has 172 valence electrons. The van der Waals surface area contributed by atoms with Crippen molar-refractivity contribution in [3.63, 3.8) is 0 Å². The van der Waals surface area contributed by atoms with Crippen molar-refractivity contribution in [3.05, 3.63) is 64.1 Å². The number of hydrogen-bond acceptors (Lipinski definition) is 6. The average molecular weight is 445 g/mol. The fourth-order valence-corrected chi connectivity index (χ4v) is 6.03. The van der Waals surface area contributed by atoms with E-state index in [4.69, 9.17) is 0 Å². The van der Waals surface area contributed by atoms with Crippen LogP contribution in [0.4, 0.5) is 11.4 Å². The monoisotopic (exact) mass is 444 g/mol. The summed E-state index contributed by atoms with van der Waals surface area (Å²) in [7, 11) is 1.80. The summed E-state index contributed by atoms with van der Waals surface area (Å²) in [6.45, 7) is 10.5. The van der Waals surface area contributed by atoms with Crippen molar-refractivity contribution in [3.8, 4) is 0 Å². The minimum absolute atomic E-state index is 0.00659. The fourth-order valence-electron chi connectivity index (χ4n) is 6.03. The van der Waals surface area contributed by atoms with Crippen LogP contribution in [0.15, 0.2) is 47.4 Å². The molecule has 0 spiro atoms. The molecule has 2 aromatic heterocycles. The first-order chi connectivity index (χ1) is 16.0. The number of aryl methyl sites for hydroxylation is 1. The van der Waals surface area contributed by atoms with Crippen molar-refractivity contribution in [2.75, 3.05) is 42.5 Å². The normalized spacial score (nSPS) is 25.4. The third-order valence-electron chi connectivity index (χ3n) is 7.83. The third kappa shape index (κ3) is 3.33. The van der Waals surface area contributed by atoms with E-state index < -0.39 is 0 Å². The van der Waals surface area contributed by atoms with Gasteiger partial charge in [-0.15, -0.1) is 0 Å². The molecule has 3 aliphatic heterocycles. The molecule has 7 nitrogen and oxygen atoms in total. The lowest BCUT2D eigenvalue weighted by Crippen LogP contribution is -2.51. The Morgan fingerprint density at radius 2 is 1.97 bits per heavy atom. The Morgan fingerprint density at radius 3 is 2.82 bits per heavy atom. The van der Waals surface area contributed by atoms with Gasteiger partial charge in [-0.3, -0.25) is 14.3 Å². The molecule has 0 aliphatic carbocycles. The minimum Gasteiger partial charge on any atom is -0.367 e. The molecule has 5 heterocycles. The van der Waals surface area contributed by atoms with Crippen LogP contribution in [0.3, 0.4) is 0 Å². The Labute approximate surface area is 194 Å². The van der Waals surface area contributed by atoms with Gasteiger partial charge < -0.3 is 15.1 Å². The number of rotatable bonds is 2. The first kappa shape index (κ1) is 20.7. The largest absolute Gasteiger partial charge is 0.367 e. The van der Waals surface area contributed by atoms with Crippen molar-refractivity contribution < 1.29 is 0 Å². The zero-order chi connectivity index (χ0) is 22.7. The number of benzene rings is 1. The zero-order valence-electron chi connectivity index (χ0n) is 19.7. The van der Waals surface area contributed by atoms with Crippen LogP contribution in [-0.2, 0) is 13.6 Å². The Balaban J connectivity index is 1.35. The van der Waals surface area contributed by atoms with Crippen LogP contribution in [0.1, 0.15) is 31.0 Å². The SMILES string of the molecule is C[C@@H]1CNCCN1c1ccc2c(c1)CN1[C@H](C)CN(c3cc(=O)n(C)c4ncccc34)C[C@H]21. The third-order valence-corrected chi connectivity index (χ3v) is 7.83. The first-order valence-corrected chi connectivity index (χ1v) is 12.1. The molecular formula is C26H32N6O. The highest BCUT2D eigenvalue weighted by molar-refractivity contribution is 5.89. The van der Waals surface area contributed by atoms with Crippen molar-refractivity contribution in [2.45, 2.75) is 38.5 Å². The summed E-state index contributed by atoms with van der Waals surface area (Å²) < 4.78 is 1.64. The van der Waals surface area contributed by atoms with Crippen LogP contribution >= 0.6 is 0 Å². The quantitative estimate of drug-likeness (QED) is 0.656. The highest BCUT2D eigenvalue weighted by Gasteiger charge is 2.39. The zero-order valence-corrected chi connectivity index (χ0v) is 19.7. The lowest BCUT2D eigenvalue weighted by molar-refractivity contribution is 0.134. The molecule has 1 N–H and O–H groups in total. The van der Waals surface area contributed by atoms with Gasteiger partial charge in [-0.1, -0.05) is 6.07 Å². The second kappa shape index (κ2) is 7.85. The molecule has 7 heteroatoms. The number of aromatic nitrogens is 2. The number of hydrogen-bond donors (Lipinski definition) is 1. The summed E-state index contributed by atoms with van der Waals surface area (Å²) in [5, 5.41) is 4.53. The van der Waals surface area contributed by atoms with E-state index in [1.54, 1.807) is 23.9 Å². The fraction of sp³-hybridized carbons (Fsp3) is 0.462. The number of nitrogens with one attached hydrogen (secondary N) is 1. The Bertz CT molecular complexity index is 1270.